The van der Waals surface area contributed by atoms with Gasteiger partial charge in [0.05, 0.1) is 3.58 Å². The summed E-state index contributed by atoms with van der Waals surface area (Å²) in [7, 11) is 1.24. The number of nitrogens with zero attached hydrogens (tertiary/aromatic N) is 2. The molecule has 0 N–H and O–H groups in total. The number of hydrogen-bond donors (Lipinski definition) is 1. The van der Waals surface area contributed by atoms with Crippen LogP contribution in [0.15, 0.2) is 21.0 Å². The third-order valence-electron chi connectivity index (χ3n) is 0.687. The molecule has 9 heavy (non-hydrogen) atoms. The summed E-state index contributed by atoms with van der Waals surface area (Å²) in [6, 6.07) is 0. The van der Waals surface area contributed by atoms with Crippen LogP contribution in [0.5, 0.6) is 0 Å². The predicted octanol–water partition coefficient (Wildman–Crippen LogP) is 2.21. The summed E-state index contributed by atoms with van der Waals surface area (Å²) in [5.41, 5.74) is 0. The highest BCUT2D eigenvalue weighted by Gasteiger charge is 1.95. The molecule has 1 heterocycles. The average Bonchev–Trinajstić information content (AvgIpc) is 1.90. The highest BCUT2D eigenvalue weighted by molar-refractivity contribution is 14.1. The average molecular weight is 270 g/mol. The van der Waals surface area contributed by atoms with Crippen LogP contribution in [0, 0.1) is 0 Å². The lowest BCUT2D eigenvalue weighted by molar-refractivity contribution is 0.687. The predicted molar refractivity (Wildman–Crippen MR) is 52.5 cm³/mol. The number of hydrazone groups is 1. The molecule has 48 valence electrons. The van der Waals surface area contributed by atoms with E-state index in [2.05, 4.69) is 45.2 Å². The minimum absolute atomic E-state index is 1.01. The van der Waals surface area contributed by atoms with E-state index in [1.807, 2.05) is 12.3 Å². The van der Waals surface area contributed by atoms with E-state index < -0.39 is 0 Å². The maximum absolute atomic E-state index is 3.94. The molecule has 0 unspecified atom stereocenters. The van der Waals surface area contributed by atoms with Crippen LogP contribution in [-0.4, -0.2) is 10.3 Å². The van der Waals surface area contributed by atoms with Crippen molar-refractivity contribution in [2.45, 2.75) is 0 Å². The number of thiol groups is 1. The SMILES string of the molecule is SSN1C=CC(I)=C=N1. The third kappa shape index (κ3) is 2.25. The fourth-order valence-corrected chi connectivity index (χ4v) is 1.08. The van der Waals surface area contributed by atoms with Gasteiger partial charge in [-0.2, -0.15) is 4.41 Å². The summed E-state index contributed by atoms with van der Waals surface area (Å²) in [5, 5.41) is 3.87. The third-order valence-corrected chi connectivity index (χ3v) is 2.16. The Morgan fingerprint density at radius 3 is 3.11 bits per heavy atom. The molecule has 2 nitrogen and oxygen atoms in total. The molecule has 1 aliphatic heterocycles. The minimum Gasteiger partial charge on any atom is -0.195 e. The lowest BCUT2D eigenvalue weighted by atomic mass is 10.6. The van der Waals surface area contributed by atoms with Gasteiger partial charge in [-0.1, -0.05) is 11.7 Å². The van der Waals surface area contributed by atoms with Crippen LogP contribution < -0.4 is 0 Å². The first kappa shape index (κ1) is 7.53. The molecule has 0 amide bonds. The van der Waals surface area contributed by atoms with Crippen molar-refractivity contribution in [1.82, 2.24) is 4.41 Å². The molecule has 0 fully saturated rings. The van der Waals surface area contributed by atoms with Crippen molar-refractivity contribution in [2.24, 2.45) is 5.10 Å². The second-order valence-electron chi connectivity index (χ2n) is 1.26. The van der Waals surface area contributed by atoms with Crippen LogP contribution in [0.1, 0.15) is 0 Å². The second kappa shape index (κ2) is 3.55. The number of rotatable bonds is 1. The quantitative estimate of drug-likeness (QED) is 0.340. The number of hydrogen-bond acceptors (Lipinski definition) is 4. The molecule has 0 bridgehead atoms. The highest BCUT2D eigenvalue weighted by atomic mass is 127. The first-order valence-corrected chi connectivity index (χ1v) is 5.01. The van der Waals surface area contributed by atoms with Gasteiger partial charge < -0.3 is 0 Å². The zero-order valence-corrected chi connectivity index (χ0v) is 8.15. The fraction of sp³-hybridized carbons (Fsp3) is 0. The largest absolute Gasteiger partial charge is 0.195 e. The van der Waals surface area contributed by atoms with Crippen LogP contribution in [0.4, 0.5) is 0 Å². The van der Waals surface area contributed by atoms with Crippen molar-refractivity contribution in [1.29, 1.82) is 0 Å². The Morgan fingerprint density at radius 2 is 2.67 bits per heavy atom. The molecular formula is C4H3IN2S2. The second-order valence-corrected chi connectivity index (χ2v) is 3.45. The van der Waals surface area contributed by atoms with E-state index in [4.69, 9.17) is 0 Å². The van der Waals surface area contributed by atoms with Crippen molar-refractivity contribution in [3.8, 4) is 0 Å². The lowest BCUT2D eigenvalue weighted by Gasteiger charge is -2.07. The van der Waals surface area contributed by atoms with Crippen molar-refractivity contribution >= 4 is 51.1 Å². The summed E-state index contributed by atoms with van der Waals surface area (Å²) >= 11 is 6.09. The van der Waals surface area contributed by atoms with E-state index in [-0.39, 0.29) is 0 Å². The topological polar surface area (TPSA) is 15.6 Å². The van der Waals surface area contributed by atoms with E-state index >= 15 is 0 Å². The van der Waals surface area contributed by atoms with Gasteiger partial charge >= 0.3 is 0 Å². The van der Waals surface area contributed by atoms with Crippen molar-refractivity contribution in [2.75, 3.05) is 0 Å². The van der Waals surface area contributed by atoms with Crippen LogP contribution in [0.25, 0.3) is 0 Å². The summed E-state index contributed by atoms with van der Waals surface area (Å²) in [6.07, 6.45) is 3.74. The van der Waals surface area contributed by atoms with E-state index in [1.165, 1.54) is 11.0 Å². The molecular weight excluding hydrogens is 267 g/mol. The van der Waals surface area contributed by atoms with Crippen LogP contribution in [0.2, 0.25) is 0 Å². The Hall–Kier alpha value is 0.420. The zero-order chi connectivity index (χ0) is 6.69. The Balaban J connectivity index is 2.72. The maximum Gasteiger partial charge on any atom is 0.0778 e. The van der Waals surface area contributed by atoms with Gasteiger partial charge in [-0.3, -0.25) is 0 Å². The van der Waals surface area contributed by atoms with Crippen LogP contribution >= 0.6 is 45.2 Å². The molecule has 0 aromatic carbocycles. The Morgan fingerprint density at radius 1 is 1.89 bits per heavy atom. The molecule has 0 saturated heterocycles. The van der Waals surface area contributed by atoms with Crippen molar-refractivity contribution < 1.29 is 0 Å². The van der Waals surface area contributed by atoms with Crippen molar-refractivity contribution in [3.05, 3.63) is 15.9 Å². The Labute approximate surface area is 76.1 Å². The standard InChI is InChI=1S/C4H3IN2S2/c5-4-1-2-7(9-8)6-3-4/h1-2,8H. The summed E-state index contributed by atoms with van der Waals surface area (Å²) < 4.78 is 2.62. The molecule has 1 rings (SSSR count). The zero-order valence-electron chi connectivity index (χ0n) is 4.28. The van der Waals surface area contributed by atoms with E-state index in [1.54, 1.807) is 4.41 Å². The highest BCUT2D eigenvalue weighted by Crippen LogP contribution is 2.18. The van der Waals surface area contributed by atoms with Gasteiger partial charge in [0.25, 0.3) is 0 Å². The maximum atomic E-state index is 3.94. The van der Waals surface area contributed by atoms with Crippen LogP contribution in [0.3, 0.4) is 0 Å². The monoisotopic (exact) mass is 270 g/mol. The molecule has 0 aromatic heterocycles. The lowest BCUT2D eigenvalue weighted by Crippen LogP contribution is -1.96. The van der Waals surface area contributed by atoms with Gasteiger partial charge in [0.1, 0.15) is 0 Å². The first-order valence-electron chi connectivity index (χ1n) is 2.11. The number of allylic oxidation sites excluding steroid dienone is 2. The fourth-order valence-electron chi connectivity index (χ4n) is 0.342. The van der Waals surface area contributed by atoms with Gasteiger partial charge in [0, 0.05) is 23.0 Å². The van der Waals surface area contributed by atoms with E-state index in [0.29, 0.717) is 0 Å². The molecule has 0 spiro atoms. The summed E-state index contributed by atoms with van der Waals surface area (Å²) in [6.45, 7) is 0. The van der Waals surface area contributed by atoms with Gasteiger partial charge in [-0.05, 0) is 28.7 Å². The minimum atomic E-state index is 1.01. The van der Waals surface area contributed by atoms with Gasteiger partial charge in [0.2, 0.25) is 0 Å². The molecule has 0 aliphatic carbocycles. The first-order chi connectivity index (χ1) is 4.33. The van der Waals surface area contributed by atoms with Crippen molar-refractivity contribution in [3.63, 3.8) is 0 Å². The summed E-state index contributed by atoms with van der Waals surface area (Å²) in [4.78, 5) is 0. The van der Waals surface area contributed by atoms with Crippen LogP contribution in [-0.2, 0) is 0 Å². The molecule has 5 heteroatoms. The molecule has 0 radical (unpaired) electrons. The molecule has 1 aliphatic rings. The Kier molecular flexibility index (Phi) is 2.97. The van der Waals surface area contributed by atoms with Gasteiger partial charge in [0.15, 0.2) is 0 Å². The molecule has 0 saturated carbocycles. The van der Waals surface area contributed by atoms with Gasteiger partial charge in [-0.25, -0.2) is 0 Å². The van der Waals surface area contributed by atoms with E-state index in [9.17, 15) is 0 Å². The normalized spacial score (nSPS) is 16.2. The summed E-state index contributed by atoms with van der Waals surface area (Å²) in [5.74, 6) is 2.78. The molecule has 0 atom stereocenters. The van der Waals surface area contributed by atoms with E-state index in [0.717, 1.165) is 3.58 Å². The smallest absolute Gasteiger partial charge is 0.0778 e. The number of halogens is 1. The molecule has 0 aromatic rings. The van der Waals surface area contributed by atoms with Gasteiger partial charge in [-0.15, -0.1) is 5.10 Å². The Bertz CT molecular complexity index is 195.